The fourth-order valence-electron chi connectivity index (χ4n) is 1.65. The zero-order chi connectivity index (χ0) is 12.4. The van der Waals surface area contributed by atoms with Crippen LogP contribution in [-0.2, 0) is 7.05 Å². The minimum Gasteiger partial charge on any atom is -0.359 e. The number of nitriles is 1. The zero-order valence-corrected chi connectivity index (χ0v) is 9.89. The molecular weight excluding hydrogens is 218 g/mol. The number of rotatable bonds is 3. The molecule has 7 heteroatoms. The Morgan fingerprint density at radius 2 is 2.35 bits per heavy atom. The SMILES string of the molecule is Cc1nn(C)c(NC(C)c2ncn[nH]2)c1C#N. The molecule has 2 N–H and O–H groups in total. The fourth-order valence-corrected chi connectivity index (χ4v) is 1.65. The van der Waals surface area contributed by atoms with Gasteiger partial charge in [-0.3, -0.25) is 9.78 Å². The van der Waals surface area contributed by atoms with Crippen LogP contribution < -0.4 is 5.32 Å². The van der Waals surface area contributed by atoms with Gasteiger partial charge in [-0.1, -0.05) is 0 Å². The summed E-state index contributed by atoms with van der Waals surface area (Å²) in [6.45, 7) is 3.74. The van der Waals surface area contributed by atoms with E-state index < -0.39 is 0 Å². The van der Waals surface area contributed by atoms with Gasteiger partial charge in [0.25, 0.3) is 0 Å². The molecule has 2 aromatic heterocycles. The van der Waals surface area contributed by atoms with Crippen molar-refractivity contribution in [1.29, 1.82) is 5.26 Å². The summed E-state index contributed by atoms with van der Waals surface area (Å²) in [4.78, 5) is 4.06. The van der Waals surface area contributed by atoms with E-state index in [-0.39, 0.29) is 6.04 Å². The van der Waals surface area contributed by atoms with Crippen molar-refractivity contribution in [3.05, 3.63) is 23.4 Å². The van der Waals surface area contributed by atoms with Crippen molar-refractivity contribution in [2.24, 2.45) is 7.05 Å². The van der Waals surface area contributed by atoms with Gasteiger partial charge in [0.15, 0.2) is 0 Å². The lowest BCUT2D eigenvalue weighted by Gasteiger charge is -2.12. The first kappa shape index (κ1) is 11.1. The number of aromatic amines is 1. The topological polar surface area (TPSA) is 95.2 Å². The number of nitrogens with one attached hydrogen (secondary N) is 2. The molecule has 1 unspecified atom stereocenters. The van der Waals surface area contributed by atoms with E-state index in [0.717, 1.165) is 0 Å². The molecule has 0 fully saturated rings. The smallest absolute Gasteiger partial charge is 0.146 e. The van der Waals surface area contributed by atoms with Gasteiger partial charge in [0.2, 0.25) is 0 Å². The summed E-state index contributed by atoms with van der Waals surface area (Å²) in [5.41, 5.74) is 1.26. The standard InChI is InChI=1S/C10H13N7/c1-6-8(4-11)10(17(3)16-6)14-7(2)9-12-5-13-15-9/h5,7,14H,1-3H3,(H,12,13,15). The van der Waals surface area contributed by atoms with Gasteiger partial charge in [-0.2, -0.15) is 15.5 Å². The number of hydrogen-bond donors (Lipinski definition) is 2. The highest BCUT2D eigenvalue weighted by molar-refractivity contribution is 5.55. The molecular formula is C10H13N7. The monoisotopic (exact) mass is 231 g/mol. The molecule has 0 saturated heterocycles. The highest BCUT2D eigenvalue weighted by Crippen LogP contribution is 2.21. The van der Waals surface area contributed by atoms with E-state index in [1.54, 1.807) is 11.7 Å². The molecule has 2 rings (SSSR count). The molecule has 0 aliphatic carbocycles. The summed E-state index contributed by atoms with van der Waals surface area (Å²) in [7, 11) is 1.79. The maximum absolute atomic E-state index is 9.08. The molecule has 0 amide bonds. The Morgan fingerprint density at radius 3 is 2.94 bits per heavy atom. The van der Waals surface area contributed by atoms with Gasteiger partial charge in [-0.15, -0.1) is 0 Å². The van der Waals surface area contributed by atoms with Crippen molar-refractivity contribution < 1.29 is 0 Å². The van der Waals surface area contributed by atoms with Crippen LogP contribution in [0.15, 0.2) is 6.33 Å². The average Bonchev–Trinajstić information content (AvgIpc) is 2.88. The average molecular weight is 231 g/mol. The molecule has 0 aromatic carbocycles. The number of hydrogen-bond acceptors (Lipinski definition) is 5. The number of anilines is 1. The predicted octanol–water partition coefficient (Wildman–Crippen LogP) is 0.891. The van der Waals surface area contributed by atoms with Crippen LogP contribution in [0.25, 0.3) is 0 Å². The summed E-state index contributed by atoms with van der Waals surface area (Å²) >= 11 is 0. The molecule has 7 nitrogen and oxygen atoms in total. The number of nitrogens with zero attached hydrogens (tertiary/aromatic N) is 5. The lowest BCUT2D eigenvalue weighted by molar-refractivity contribution is 0.727. The quantitative estimate of drug-likeness (QED) is 0.818. The van der Waals surface area contributed by atoms with Crippen LogP contribution in [0.2, 0.25) is 0 Å². The Labute approximate surface area is 98.5 Å². The minimum absolute atomic E-state index is 0.0700. The first-order chi connectivity index (χ1) is 8.13. The maximum atomic E-state index is 9.08. The van der Waals surface area contributed by atoms with E-state index in [9.17, 15) is 0 Å². The third kappa shape index (κ3) is 1.97. The number of aryl methyl sites for hydroxylation is 2. The number of aromatic nitrogens is 5. The Bertz CT molecular complexity index is 546. The number of H-pyrrole nitrogens is 1. The minimum atomic E-state index is -0.0700. The molecule has 0 bridgehead atoms. The summed E-state index contributed by atoms with van der Waals surface area (Å²) < 4.78 is 1.65. The van der Waals surface area contributed by atoms with Crippen molar-refractivity contribution in [2.75, 3.05) is 5.32 Å². The normalized spacial score (nSPS) is 12.1. The highest BCUT2D eigenvalue weighted by Gasteiger charge is 2.16. The fraction of sp³-hybridized carbons (Fsp3) is 0.400. The van der Waals surface area contributed by atoms with Crippen molar-refractivity contribution >= 4 is 5.82 Å². The summed E-state index contributed by atoms with van der Waals surface area (Å²) in [6.07, 6.45) is 1.45. The highest BCUT2D eigenvalue weighted by atomic mass is 15.3. The van der Waals surface area contributed by atoms with Gasteiger partial charge >= 0.3 is 0 Å². The van der Waals surface area contributed by atoms with Crippen LogP contribution >= 0.6 is 0 Å². The van der Waals surface area contributed by atoms with E-state index in [2.05, 4.69) is 31.7 Å². The van der Waals surface area contributed by atoms with Crippen molar-refractivity contribution in [1.82, 2.24) is 25.0 Å². The van der Waals surface area contributed by atoms with Crippen molar-refractivity contribution in [2.45, 2.75) is 19.9 Å². The van der Waals surface area contributed by atoms with Gasteiger partial charge in [-0.05, 0) is 13.8 Å². The first-order valence-electron chi connectivity index (χ1n) is 5.19. The first-order valence-corrected chi connectivity index (χ1v) is 5.19. The predicted molar refractivity (Wildman–Crippen MR) is 61.1 cm³/mol. The molecule has 0 radical (unpaired) electrons. The third-order valence-corrected chi connectivity index (χ3v) is 2.53. The molecule has 0 aliphatic heterocycles. The molecule has 0 saturated carbocycles. The Morgan fingerprint density at radius 1 is 1.59 bits per heavy atom. The molecule has 2 heterocycles. The second-order valence-corrected chi connectivity index (χ2v) is 3.78. The van der Waals surface area contributed by atoms with Crippen molar-refractivity contribution in [3.8, 4) is 6.07 Å². The van der Waals surface area contributed by atoms with Crippen LogP contribution in [0, 0.1) is 18.3 Å². The second-order valence-electron chi connectivity index (χ2n) is 3.78. The Balaban J connectivity index is 2.28. The van der Waals surface area contributed by atoms with Crippen molar-refractivity contribution in [3.63, 3.8) is 0 Å². The molecule has 0 aliphatic rings. The maximum Gasteiger partial charge on any atom is 0.146 e. The van der Waals surface area contributed by atoms with Gasteiger partial charge in [-0.25, -0.2) is 4.98 Å². The molecule has 88 valence electrons. The van der Waals surface area contributed by atoms with Crippen LogP contribution in [0.5, 0.6) is 0 Å². The van der Waals surface area contributed by atoms with Gasteiger partial charge < -0.3 is 5.32 Å². The largest absolute Gasteiger partial charge is 0.359 e. The van der Waals surface area contributed by atoms with Crippen LogP contribution in [0.3, 0.4) is 0 Å². The van der Waals surface area contributed by atoms with Crippen LogP contribution in [0.4, 0.5) is 5.82 Å². The van der Waals surface area contributed by atoms with Gasteiger partial charge in [0.1, 0.15) is 29.6 Å². The Hall–Kier alpha value is -2.36. The Kier molecular flexibility index (Phi) is 2.78. The van der Waals surface area contributed by atoms with E-state index in [1.165, 1.54) is 6.33 Å². The zero-order valence-electron chi connectivity index (χ0n) is 9.89. The molecule has 1 atom stereocenters. The van der Waals surface area contributed by atoms with E-state index in [4.69, 9.17) is 5.26 Å². The summed E-state index contributed by atoms with van der Waals surface area (Å²) in [6, 6.07) is 2.07. The summed E-state index contributed by atoms with van der Waals surface area (Å²) in [5.74, 6) is 1.40. The van der Waals surface area contributed by atoms with Crippen LogP contribution in [-0.4, -0.2) is 25.0 Å². The van der Waals surface area contributed by atoms with Gasteiger partial charge in [0.05, 0.1) is 11.7 Å². The molecule has 17 heavy (non-hydrogen) atoms. The van der Waals surface area contributed by atoms with E-state index in [1.807, 2.05) is 13.8 Å². The van der Waals surface area contributed by atoms with Crippen LogP contribution in [0.1, 0.15) is 30.0 Å². The van der Waals surface area contributed by atoms with E-state index >= 15 is 0 Å². The third-order valence-electron chi connectivity index (χ3n) is 2.53. The second kappa shape index (κ2) is 4.25. The summed E-state index contributed by atoms with van der Waals surface area (Å²) in [5, 5.41) is 23.1. The lowest BCUT2D eigenvalue weighted by atomic mass is 10.2. The molecule has 2 aromatic rings. The lowest BCUT2D eigenvalue weighted by Crippen LogP contribution is -2.12. The van der Waals surface area contributed by atoms with E-state index in [0.29, 0.717) is 22.9 Å². The molecule has 0 spiro atoms. The van der Waals surface area contributed by atoms with Gasteiger partial charge in [0, 0.05) is 7.05 Å².